The van der Waals surface area contributed by atoms with Crippen LogP contribution in [0.25, 0.3) is 0 Å². The number of nitrogens with zero attached hydrogens (tertiary/aromatic N) is 1. The third-order valence-corrected chi connectivity index (χ3v) is 3.26. The van der Waals surface area contributed by atoms with Gasteiger partial charge in [-0.3, -0.25) is 4.79 Å². The first-order valence-corrected chi connectivity index (χ1v) is 6.39. The zero-order chi connectivity index (χ0) is 12.9. The standard InChI is InChI=1S/C11H17ClF3NO/c12-7-1-3-9-4-2-8-16(9)10(17)5-6-11(13,14)15/h9H,1-8H2. The van der Waals surface area contributed by atoms with Crippen LogP contribution in [-0.4, -0.2) is 35.4 Å². The monoisotopic (exact) mass is 271 g/mol. The summed E-state index contributed by atoms with van der Waals surface area (Å²) in [6, 6.07) is 0.0921. The number of halogens is 4. The molecule has 1 atom stereocenters. The van der Waals surface area contributed by atoms with Crippen molar-refractivity contribution in [3.8, 4) is 0 Å². The average Bonchev–Trinajstić information content (AvgIpc) is 2.70. The van der Waals surface area contributed by atoms with Gasteiger partial charge in [0.15, 0.2) is 0 Å². The van der Waals surface area contributed by atoms with Crippen LogP contribution in [0.1, 0.15) is 38.5 Å². The van der Waals surface area contributed by atoms with E-state index in [2.05, 4.69) is 0 Å². The molecule has 0 aromatic heterocycles. The van der Waals surface area contributed by atoms with E-state index in [0.29, 0.717) is 12.4 Å². The molecule has 0 radical (unpaired) electrons. The highest BCUT2D eigenvalue weighted by atomic mass is 35.5. The van der Waals surface area contributed by atoms with Crippen LogP contribution in [-0.2, 0) is 4.79 Å². The summed E-state index contributed by atoms with van der Waals surface area (Å²) >= 11 is 5.58. The first-order valence-electron chi connectivity index (χ1n) is 5.86. The van der Waals surface area contributed by atoms with Crippen molar-refractivity contribution in [2.75, 3.05) is 12.4 Å². The van der Waals surface area contributed by atoms with E-state index < -0.39 is 19.0 Å². The van der Waals surface area contributed by atoms with E-state index >= 15 is 0 Å². The van der Waals surface area contributed by atoms with E-state index in [1.165, 1.54) is 0 Å². The number of likely N-dealkylation sites (tertiary alicyclic amines) is 1. The maximum atomic E-state index is 12.0. The number of amides is 1. The molecule has 1 unspecified atom stereocenters. The molecule has 1 amide bonds. The normalized spacial score (nSPS) is 20.9. The fourth-order valence-corrected chi connectivity index (χ4v) is 2.32. The molecule has 0 bridgehead atoms. The minimum Gasteiger partial charge on any atom is -0.340 e. The van der Waals surface area contributed by atoms with Crippen LogP contribution in [0, 0.1) is 0 Å². The Morgan fingerprint density at radius 3 is 2.71 bits per heavy atom. The van der Waals surface area contributed by atoms with Crippen LogP contribution in [0.15, 0.2) is 0 Å². The van der Waals surface area contributed by atoms with Crippen molar-refractivity contribution in [3.05, 3.63) is 0 Å². The molecule has 0 aliphatic carbocycles. The molecule has 1 aliphatic rings. The third-order valence-electron chi connectivity index (χ3n) is 2.99. The molecule has 1 aliphatic heterocycles. The average molecular weight is 272 g/mol. The molecule has 1 saturated heterocycles. The molecule has 0 N–H and O–H groups in total. The first kappa shape index (κ1) is 14.6. The number of rotatable bonds is 5. The fourth-order valence-electron chi connectivity index (χ4n) is 2.17. The summed E-state index contributed by atoms with van der Waals surface area (Å²) in [6.07, 6.45) is -2.34. The summed E-state index contributed by atoms with van der Waals surface area (Å²) in [5.74, 6) is 0.153. The second-order valence-electron chi connectivity index (χ2n) is 4.33. The van der Waals surface area contributed by atoms with E-state index in [0.717, 1.165) is 25.7 Å². The minimum absolute atomic E-state index is 0.0921. The molecule has 2 nitrogen and oxygen atoms in total. The molecule has 100 valence electrons. The summed E-state index contributed by atoms with van der Waals surface area (Å²) in [4.78, 5) is 13.3. The lowest BCUT2D eigenvalue weighted by molar-refractivity contribution is -0.149. The smallest absolute Gasteiger partial charge is 0.340 e. The van der Waals surface area contributed by atoms with Crippen molar-refractivity contribution >= 4 is 17.5 Å². The summed E-state index contributed by atoms with van der Waals surface area (Å²) in [5, 5.41) is 0. The number of alkyl halides is 4. The lowest BCUT2D eigenvalue weighted by atomic mass is 10.1. The van der Waals surface area contributed by atoms with Gasteiger partial charge in [0.1, 0.15) is 0 Å². The highest BCUT2D eigenvalue weighted by molar-refractivity contribution is 6.17. The van der Waals surface area contributed by atoms with Gasteiger partial charge in [0, 0.05) is 24.9 Å². The second kappa shape index (κ2) is 6.47. The number of carbonyl (C=O) groups is 1. The number of hydrogen-bond donors (Lipinski definition) is 0. The van der Waals surface area contributed by atoms with Gasteiger partial charge in [0.05, 0.1) is 6.42 Å². The Hall–Kier alpha value is -0.450. The van der Waals surface area contributed by atoms with Crippen molar-refractivity contribution in [3.63, 3.8) is 0 Å². The Labute approximate surface area is 104 Å². The summed E-state index contributed by atoms with van der Waals surface area (Å²) in [7, 11) is 0. The number of hydrogen-bond acceptors (Lipinski definition) is 1. The van der Waals surface area contributed by atoms with E-state index in [-0.39, 0.29) is 11.9 Å². The van der Waals surface area contributed by atoms with Crippen LogP contribution >= 0.6 is 11.6 Å². The lowest BCUT2D eigenvalue weighted by Crippen LogP contribution is -2.36. The minimum atomic E-state index is -4.25. The van der Waals surface area contributed by atoms with Crippen LogP contribution in [0.4, 0.5) is 13.2 Å². The second-order valence-corrected chi connectivity index (χ2v) is 4.71. The Kier molecular flexibility index (Phi) is 5.56. The van der Waals surface area contributed by atoms with Gasteiger partial charge in [-0.15, -0.1) is 11.6 Å². The van der Waals surface area contributed by atoms with Crippen LogP contribution in [0.2, 0.25) is 0 Å². The highest BCUT2D eigenvalue weighted by Crippen LogP contribution is 2.26. The molecule has 1 fully saturated rings. The van der Waals surface area contributed by atoms with Crippen LogP contribution in [0.3, 0.4) is 0 Å². The van der Waals surface area contributed by atoms with E-state index in [1.807, 2.05) is 0 Å². The van der Waals surface area contributed by atoms with E-state index in [4.69, 9.17) is 11.6 Å². The third kappa shape index (κ3) is 5.15. The SMILES string of the molecule is O=C(CCC(F)(F)F)N1CCCC1CCCCl. The maximum Gasteiger partial charge on any atom is 0.389 e. The first-order chi connectivity index (χ1) is 7.94. The molecule has 1 rings (SSSR count). The van der Waals surface area contributed by atoms with E-state index in [1.54, 1.807) is 4.90 Å². The fraction of sp³-hybridized carbons (Fsp3) is 0.909. The zero-order valence-electron chi connectivity index (χ0n) is 9.60. The number of carbonyl (C=O) groups excluding carboxylic acids is 1. The quantitative estimate of drug-likeness (QED) is 0.702. The summed E-state index contributed by atoms with van der Waals surface area (Å²) < 4.78 is 36.0. The van der Waals surface area contributed by atoms with Crippen molar-refractivity contribution in [1.29, 1.82) is 0 Å². The Bertz CT molecular complexity index is 258. The molecule has 6 heteroatoms. The van der Waals surface area contributed by atoms with Crippen molar-refractivity contribution in [2.24, 2.45) is 0 Å². The lowest BCUT2D eigenvalue weighted by Gasteiger charge is -2.24. The Morgan fingerprint density at radius 1 is 1.41 bits per heavy atom. The van der Waals surface area contributed by atoms with Crippen molar-refractivity contribution in [1.82, 2.24) is 4.90 Å². The molecule has 0 aromatic rings. The Morgan fingerprint density at radius 2 is 2.12 bits per heavy atom. The van der Waals surface area contributed by atoms with Gasteiger partial charge in [-0.05, 0) is 25.7 Å². The zero-order valence-corrected chi connectivity index (χ0v) is 10.4. The summed E-state index contributed by atoms with van der Waals surface area (Å²) in [5.41, 5.74) is 0. The van der Waals surface area contributed by atoms with Gasteiger partial charge in [0.2, 0.25) is 5.91 Å². The molecular weight excluding hydrogens is 255 g/mol. The molecule has 17 heavy (non-hydrogen) atoms. The molecule has 0 spiro atoms. The van der Waals surface area contributed by atoms with Gasteiger partial charge >= 0.3 is 6.18 Å². The van der Waals surface area contributed by atoms with Gasteiger partial charge in [-0.1, -0.05) is 0 Å². The van der Waals surface area contributed by atoms with Crippen LogP contribution < -0.4 is 0 Å². The van der Waals surface area contributed by atoms with Crippen molar-refractivity contribution in [2.45, 2.75) is 50.7 Å². The van der Waals surface area contributed by atoms with Gasteiger partial charge in [-0.25, -0.2) is 0 Å². The highest BCUT2D eigenvalue weighted by Gasteiger charge is 2.32. The predicted molar refractivity (Wildman–Crippen MR) is 60.0 cm³/mol. The molecule has 0 saturated carbocycles. The summed E-state index contributed by atoms with van der Waals surface area (Å²) in [6.45, 7) is 0.587. The van der Waals surface area contributed by atoms with Gasteiger partial charge in [0.25, 0.3) is 0 Å². The van der Waals surface area contributed by atoms with Gasteiger partial charge < -0.3 is 4.90 Å². The Balaban J connectivity index is 2.39. The molecule has 1 heterocycles. The molecular formula is C11H17ClF3NO. The van der Waals surface area contributed by atoms with Crippen molar-refractivity contribution < 1.29 is 18.0 Å². The largest absolute Gasteiger partial charge is 0.389 e. The topological polar surface area (TPSA) is 20.3 Å². The van der Waals surface area contributed by atoms with Gasteiger partial charge in [-0.2, -0.15) is 13.2 Å². The molecule has 0 aromatic carbocycles. The van der Waals surface area contributed by atoms with Crippen LogP contribution in [0.5, 0.6) is 0 Å². The maximum absolute atomic E-state index is 12.0. The predicted octanol–water partition coefficient (Wildman–Crippen LogP) is 3.34. The van der Waals surface area contributed by atoms with E-state index in [9.17, 15) is 18.0 Å².